The summed E-state index contributed by atoms with van der Waals surface area (Å²) in [6.07, 6.45) is 0. The van der Waals surface area contributed by atoms with E-state index in [4.69, 9.17) is 15.0 Å². The first kappa shape index (κ1) is 11.4. The number of phenols is 1. The number of aromatic nitrogens is 2. The van der Waals surface area contributed by atoms with Gasteiger partial charge in [0.05, 0.1) is 13.7 Å². The quantitative estimate of drug-likeness (QED) is 0.830. The molecule has 0 aliphatic carbocycles. The second-order valence-electron chi connectivity index (χ2n) is 3.56. The van der Waals surface area contributed by atoms with Crippen LogP contribution in [-0.2, 0) is 6.54 Å². The molecule has 1 aromatic carbocycles. The molecule has 0 saturated carbocycles. The molecule has 0 amide bonds. The molecule has 0 aliphatic rings. The van der Waals surface area contributed by atoms with Gasteiger partial charge in [-0.3, -0.25) is 0 Å². The van der Waals surface area contributed by atoms with Crippen molar-refractivity contribution in [3.8, 4) is 22.9 Å². The highest BCUT2D eigenvalue weighted by atomic mass is 16.5. The Hall–Kier alpha value is -2.08. The minimum atomic E-state index is 0.110. The summed E-state index contributed by atoms with van der Waals surface area (Å²) in [5.74, 6) is 1.27. The molecule has 0 radical (unpaired) electrons. The standard InChI is InChI=1S/C11H13N3O3/c1-6-3-7(4-8(16-2)10(6)15)11-13-9(5-12)17-14-11/h3-4,15H,5,12H2,1-2H3. The van der Waals surface area contributed by atoms with Crippen LogP contribution in [0.5, 0.6) is 11.5 Å². The molecule has 0 atom stereocenters. The first-order chi connectivity index (χ1) is 8.15. The molecular formula is C11H13N3O3. The number of aryl methyl sites for hydroxylation is 1. The number of phenolic OH excluding ortho intramolecular Hbond substituents is 1. The number of aromatic hydroxyl groups is 1. The normalized spacial score (nSPS) is 10.5. The third-order valence-electron chi connectivity index (χ3n) is 2.39. The molecule has 0 fully saturated rings. The number of hydrogen-bond donors (Lipinski definition) is 2. The van der Waals surface area contributed by atoms with Crippen molar-refractivity contribution in [2.75, 3.05) is 7.11 Å². The summed E-state index contributed by atoms with van der Waals surface area (Å²) in [5, 5.41) is 13.5. The van der Waals surface area contributed by atoms with Gasteiger partial charge in [0.2, 0.25) is 11.7 Å². The Morgan fingerprint density at radius 1 is 1.47 bits per heavy atom. The summed E-state index contributed by atoms with van der Waals surface area (Å²) >= 11 is 0. The van der Waals surface area contributed by atoms with E-state index < -0.39 is 0 Å². The van der Waals surface area contributed by atoms with E-state index in [1.165, 1.54) is 7.11 Å². The Labute approximate surface area is 98.0 Å². The van der Waals surface area contributed by atoms with Crippen LogP contribution >= 0.6 is 0 Å². The van der Waals surface area contributed by atoms with E-state index in [-0.39, 0.29) is 12.3 Å². The van der Waals surface area contributed by atoms with E-state index in [0.29, 0.717) is 28.6 Å². The first-order valence-corrected chi connectivity index (χ1v) is 5.06. The monoisotopic (exact) mass is 235 g/mol. The van der Waals surface area contributed by atoms with Crippen LogP contribution in [0, 0.1) is 6.92 Å². The maximum atomic E-state index is 9.71. The molecule has 2 rings (SSSR count). The van der Waals surface area contributed by atoms with Crippen molar-refractivity contribution < 1.29 is 14.4 Å². The number of hydrogen-bond acceptors (Lipinski definition) is 6. The van der Waals surface area contributed by atoms with Gasteiger partial charge in [0.15, 0.2) is 11.5 Å². The molecule has 90 valence electrons. The van der Waals surface area contributed by atoms with E-state index in [1.54, 1.807) is 19.1 Å². The molecule has 0 aliphatic heterocycles. The molecule has 2 aromatic rings. The summed E-state index contributed by atoms with van der Waals surface area (Å²) in [4.78, 5) is 4.11. The third kappa shape index (κ3) is 2.07. The fourth-order valence-corrected chi connectivity index (χ4v) is 1.49. The van der Waals surface area contributed by atoms with Gasteiger partial charge in [-0.2, -0.15) is 4.98 Å². The lowest BCUT2D eigenvalue weighted by atomic mass is 10.1. The number of benzene rings is 1. The minimum Gasteiger partial charge on any atom is -0.504 e. The zero-order chi connectivity index (χ0) is 12.4. The van der Waals surface area contributed by atoms with Crippen molar-refractivity contribution in [2.45, 2.75) is 13.5 Å². The summed E-state index contributed by atoms with van der Waals surface area (Å²) < 4.78 is 9.98. The molecule has 3 N–H and O–H groups in total. The largest absolute Gasteiger partial charge is 0.504 e. The van der Waals surface area contributed by atoms with E-state index in [1.807, 2.05) is 0 Å². The van der Waals surface area contributed by atoms with Crippen LogP contribution in [0.1, 0.15) is 11.5 Å². The number of ether oxygens (including phenoxy) is 1. The van der Waals surface area contributed by atoms with Crippen LogP contribution in [0.2, 0.25) is 0 Å². The Morgan fingerprint density at radius 2 is 2.24 bits per heavy atom. The fraction of sp³-hybridized carbons (Fsp3) is 0.273. The van der Waals surface area contributed by atoms with Crippen LogP contribution < -0.4 is 10.5 Å². The summed E-state index contributed by atoms with van der Waals surface area (Å²) in [6, 6.07) is 3.40. The average molecular weight is 235 g/mol. The highest BCUT2D eigenvalue weighted by Gasteiger charge is 2.12. The van der Waals surface area contributed by atoms with Crippen LogP contribution in [-0.4, -0.2) is 22.4 Å². The van der Waals surface area contributed by atoms with Crippen molar-refractivity contribution in [1.82, 2.24) is 10.1 Å². The number of rotatable bonds is 3. The Morgan fingerprint density at radius 3 is 2.82 bits per heavy atom. The lowest BCUT2D eigenvalue weighted by molar-refractivity contribution is 0.371. The molecule has 0 bridgehead atoms. The maximum absolute atomic E-state index is 9.71. The number of nitrogens with zero attached hydrogens (tertiary/aromatic N) is 2. The third-order valence-corrected chi connectivity index (χ3v) is 2.39. The van der Waals surface area contributed by atoms with Crippen molar-refractivity contribution in [3.05, 3.63) is 23.6 Å². The van der Waals surface area contributed by atoms with Crippen LogP contribution in [0.3, 0.4) is 0 Å². The second kappa shape index (κ2) is 4.42. The smallest absolute Gasteiger partial charge is 0.240 e. The van der Waals surface area contributed by atoms with Crippen LogP contribution in [0.15, 0.2) is 16.7 Å². The minimum absolute atomic E-state index is 0.110. The lowest BCUT2D eigenvalue weighted by Gasteiger charge is -2.07. The molecule has 1 heterocycles. The SMILES string of the molecule is COc1cc(-c2noc(CN)n2)cc(C)c1O. The maximum Gasteiger partial charge on any atom is 0.240 e. The van der Waals surface area contributed by atoms with Gasteiger partial charge in [-0.25, -0.2) is 0 Å². The van der Waals surface area contributed by atoms with Crippen molar-refractivity contribution in [1.29, 1.82) is 0 Å². The van der Waals surface area contributed by atoms with Gasteiger partial charge in [-0.05, 0) is 24.6 Å². The van der Waals surface area contributed by atoms with Gasteiger partial charge in [0.25, 0.3) is 0 Å². The predicted octanol–water partition coefficient (Wildman–Crippen LogP) is 1.22. The van der Waals surface area contributed by atoms with Gasteiger partial charge >= 0.3 is 0 Å². The Balaban J connectivity index is 2.48. The van der Waals surface area contributed by atoms with Gasteiger partial charge in [-0.1, -0.05) is 5.16 Å². The van der Waals surface area contributed by atoms with Crippen LogP contribution in [0.25, 0.3) is 11.4 Å². The van der Waals surface area contributed by atoms with E-state index in [0.717, 1.165) is 0 Å². The zero-order valence-electron chi connectivity index (χ0n) is 9.60. The Bertz CT molecular complexity index is 537. The highest BCUT2D eigenvalue weighted by molar-refractivity contribution is 5.63. The van der Waals surface area contributed by atoms with Gasteiger partial charge in [0.1, 0.15) is 0 Å². The first-order valence-electron chi connectivity index (χ1n) is 5.06. The fourth-order valence-electron chi connectivity index (χ4n) is 1.49. The van der Waals surface area contributed by atoms with Crippen molar-refractivity contribution >= 4 is 0 Å². The second-order valence-corrected chi connectivity index (χ2v) is 3.56. The predicted molar refractivity (Wildman–Crippen MR) is 60.6 cm³/mol. The summed E-state index contributed by atoms with van der Waals surface area (Å²) in [6.45, 7) is 1.96. The Kier molecular flexibility index (Phi) is 2.97. The molecule has 0 saturated heterocycles. The molecule has 6 nitrogen and oxygen atoms in total. The van der Waals surface area contributed by atoms with E-state index in [9.17, 15) is 5.11 Å². The number of nitrogens with two attached hydrogens (primary N) is 1. The summed E-state index contributed by atoms with van der Waals surface area (Å²) in [5.41, 5.74) is 6.78. The van der Waals surface area contributed by atoms with Crippen LogP contribution in [0.4, 0.5) is 0 Å². The molecular weight excluding hydrogens is 222 g/mol. The zero-order valence-corrected chi connectivity index (χ0v) is 9.60. The van der Waals surface area contributed by atoms with Gasteiger partial charge in [-0.15, -0.1) is 0 Å². The topological polar surface area (TPSA) is 94.4 Å². The van der Waals surface area contributed by atoms with Crippen molar-refractivity contribution in [3.63, 3.8) is 0 Å². The molecule has 6 heteroatoms. The van der Waals surface area contributed by atoms with E-state index in [2.05, 4.69) is 10.1 Å². The van der Waals surface area contributed by atoms with Gasteiger partial charge < -0.3 is 20.1 Å². The molecule has 17 heavy (non-hydrogen) atoms. The van der Waals surface area contributed by atoms with Gasteiger partial charge in [0, 0.05) is 5.56 Å². The molecule has 0 unspecified atom stereocenters. The lowest BCUT2D eigenvalue weighted by Crippen LogP contribution is -1.95. The summed E-state index contributed by atoms with van der Waals surface area (Å²) in [7, 11) is 1.49. The highest BCUT2D eigenvalue weighted by Crippen LogP contribution is 2.33. The van der Waals surface area contributed by atoms with Crippen molar-refractivity contribution in [2.24, 2.45) is 5.73 Å². The number of methoxy groups -OCH3 is 1. The molecule has 0 spiro atoms. The molecule has 1 aromatic heterocycles. The van der Waals surface area contributed by atoms with E-state index >= 15 is 0 Å². The average Bonchev–Trinajstić information content (AvgIpc) is 2.81.